The third-order valence-corrected chi connectivity index (χ3v) is 5.78. The van der Waals surface area contributed by atoms with Crippen molar-refractivity contribution in [2.24, 2.45) is 5.73 Å². The molecule has 0 atom stereocenters. The number of hydrogen-bond donors (Lipinski definition) is 2. The van der Waals surface area contributed by atoms with Gasteiger partial charge in [-0.2, -0.15) is 0 Å². The van der Waals surface area contributed by atoms with Gasteiger partial charge in [-0.05, 0) is 38.7 Å². The maximum absolute atomic E-state index is 12.4. The van der Waals surface area contributed by atoms with Gasteiger partial charge < -0.3 is 5.73 Å². The van der Waals surface area contributed by atoms with Crippen LogP contribution in [-0.2, 0) is 10.0 Å². The zero-order valence-corrected chi connectivity index (χ0v) is 13.7. The summed E-state index contributed by atoms with van der Waals surface area (Å²) in [5, 5.41) is 11.1. The van der Waals surface area contributed by atoms with Crippen molar-refractivity contribution >= 4 is 27.3 Å². The monoisotopic (exact) mass is 347 g/mol. The van der Waals surface area contributed by atoms with Crippen LogP contribution >= 0.6 is 11.6 Å². The molecule has 122 valence electrons. The van der Waals surface area contributed by atoms with Crippen LogP contribution in [0.15, 0.2) is 17.0 Å². The minimum Gasteiger partial charge on any atom is -0.328 e. The summed E-state index contributed by atoms with van der Waals surface area (Å²) in [7, 11) is -3.85. The lowest BCUT2D eigenvalue weighted by Crippen LogP contribution is -2.40. The van der Waals surface area contributed by atoms with Crippen molar-refractivity contribution in [2.75, 3.05) is 0 Å². The molecule has 3 N–H and O–H groups in total. The van der Waals surface area contributed by atoms with E-state index in [4.69, 9.17) is 17.3 Å². The molecule has 0 radical (unpaired) electrons. The number of rotatable bonds is 4. The molecule has 0 amide bonds. The molecule has 1 fully saturated rings. The van der Waals surface area contributed by atoms with Crippen LogP contribution in [0.4, 0.5) is 5.69 Å². The fraction of sp³-hybridized carbons (Fsp3) is 0.538. The SMILES string of the molecule is Cc1c(Cl)cc(S(=O)(=O)NC2CCC(N)CC2)cc1[N+](=O)[O-]. The van der Waals surface area contributed by atoms with Gasteiger partial charge in [-0.15, -0.1) is 0 Å². The predicted octanol–water partition coefficient (Wildman–Crippen LogP) is 2.10. The minimum atomic E-state index is -3.85. The smallest absolute Gasteiger partial charge is 0.275 e. The van der Waals surface area contributed by atoms with Crippen molar-refractivity contribution in [1.82, 2.24) is 4.72 Å². The number of nitro groups is 1. The second kappa shape index (κ2) is 6.49. The van der Waals surface area contributed by atoms with Gasteiger partial charge in [0.2, 0.25) is 10.0 Å². The number of sulfonamides is 1. The van der Waals surface area contributed by atoms with Crippen molar-refractivity contribution in [3.05, 3.63) is 32.8 Å². The molecule has 1 aliphatic carbocycles. The summed E-state index contributed by atoms with van der Waals surface area (Å²) in [6, 6.07) is 2.18. The maximum Gasteiger partial charge on any atom is 0.275 e. The number of nitro benzene ring substituents is 1. The van der Waals surface area contributed by atoms with E-state index >= 15 is 0 Å². The molecule has 0 bridgehead atoms. The molecule has 0 unspecified atom stereocenters. The summed E-state index contributed by atoms with van der Waals surface area (Å²) >= 11 is 5.92. The van der Waals surface area contributed by atoms with Crippen molar-refractivity contribution in [3.63, 3.8) is 0 Å². The Morgan fingerprint density at radius 2 is 1.91 bits per heavy atom. The van der Waals surface area contributed by atoms with Gasteiger partial charge in [-0.3, -0.25) is 10.1 Å². The summed E-state index contributed by atoms with van der Waals surface area (Å²) in [5.74, 6) is 0. The topological polar surface area (TPSA) is 115 Å². The molecule has 0 saturated heterocycles. The molecule has 0 aromatic heterocycles. The quantitative estimate of drug-likeness (QED) is 0.639. The van der Waals surface area contributed by atoms with E-state index < -0.39 is 14.9 Å². The number of nitrogens with one attached hydrogen (secondary N) is 1. The lowest BCUT2D eigenvalue weighted by Gasteiger charge is -2.26. The molecule has 22 heavy (non-hydrogen) atoms. The van der Waals surface area contributed by atoms with E-state index in [1.165, 1.54) is 13.0 Å². The molecule has 7 nitrogen and oxygen atoms in total. The molecular weight excluding hydrogens is 330 g/mol. The van der Waals surface area contributed by atoms with Gasteiger partial charge in [-0.1, -0.05) is 11.6 Å². The second-order valence-electron chi connectivity index (χ2n) is 5.54. The Morgan fingerprint density at radius 1 is 1.32 bits per heavy atom. The van der Waals surface area contributed by atoms with Crippen LogP contribution in [-0.4, -0.2) is 25.4 Å². The molecule has 0 heterocycles. The van der Waals surface area contributed by atoms with E-state index in [1.54, 1.807) is 0 Å². The Balaban J connectivity index is 2.28. The highest BCUT2D eigenvalue weighted by Crippen LogP contribution is 2.30. The summed E-state index contributed by atoms with van der Waals surface area (Å²) in [6.07, 6.45) is 2.81. The Morgan fingerprint density at radius 3 is 2.45 bits per heavy atom. The standard InChI is InChI=1S/C13H18ClN3O4S/c1-8-12(14)6-11(7-13(8)17(18)19)22(20,21)16-10-4-2-9(15)3-5-10/h6-7,9-10,16H,2-5,15H2,1H3. The fourth-order valence-corrected chi connectivity index (χ4v) is 4.14. The lowest BCUT2D eigenvalue weighted by molar-refractivity contribution is -0.385. The zero-order chi connectivity index (χ0) is 16.5. The maximum atomic E-state index is 12.4. The number of benzene rings is 1. The van der Waals surface area contributed by atoms with Gasteiger partial charge in [0.05, 0.1) is 14.8 Å². The van der Waals surface area contributed by atoms with E-state index in [1.807, 2.05) is 0 Å². The highest BCUT2D eigenvalue weighted by Gasteiger charge is 2.27. The normalized spacial score (nSPS) is 22.5. The van der Waals surface area contributed by atoms with Gasteiger partial charge in [0.1, 0.15) is 0 Å². The Labute approximate surface area is 134 Å². The average molecular weight is 348 g/mol. The molecule has 0 spiro atoms. The Kier molecular flexibility index (Phi) is 5.06. The summed E-state index contributed by atoms with van der Waals surface area (Å²) in [5.41, 5.74) is 5.73. The van der Waals surface area contributed by atoms with Crippen molar-refractivity contribution < 1.29 is 13.3 Å². The summed E-state index contributed by atoms with van der Waals surface area (Å²) in [4.78, 5) is 10.2. The predicted molar refractivity (Wildman–Crippen MR) is 83.4 cm³/mol. The van der Waals surface area contributed by atoms with Crippen LogP contribution in [0.2, 0.25) is 5.02 Å². The molecule has 2 rings (SSSR count). The van der Waals surface area contributed by atoms with E-state index in [9.17, 15) is 18.5 Å². The summed E-state index contributed by atoms with van der Waals surface area (Å²) < 4.78 is 27.4. The van der Waals surface area contributed by atoms with Crippen LogP contribution in [0.3, 0.4) is 0 Å². The molecular formula is C13H18ClN3O4S. The Bertz CT molecular complexity index is 685. The first-order valence-corrected chi connectivity index (χ1v) is 8.79. The average Bonchev–Trinajstić information content (AvgIpc) is 2.43. The third kappa shape index (κ3) is 3.75. The Hall–Kier alpha value is -1.22. The van der Waals surface area contributed by atoms with Crippen LogP contribution in [0.1, 0.15) is 31.2 Å². The first-order chi connectivity index (χ1) is 10.2. The van der Waals surface area contributed by atoms with E-state index in [0.29, 0.717) is 12.8 Å². The van der Waals surface area contributed by atoms with Crippen LogP contribution in [0.5, 0.6) is 0 Å². The van der Waals surface area contributed by atoms with E-state index in [0.717, 1.165) is 18.9 Å². The number of nitrogens with two attached hydrogens (primary N) is 1. The van der Waals surface area contributed by atoms with Gasteiger partial charge in [0.15, 0.2) is 0 Å². The minimum absolute atomic E-state index is 0.0558. The molecule has 1 saturated carbocycles. The summed E-state index contributed by atoms with van der Waals surface area (Å²) in [6.45, 7) is 1.48. The van der Waals surface area contributed by atoms with Crippen molar-refractivity contribution in [3.8, 4) is 0 Å². The molecule has 1 aliphatic rings. The highest BCUT2D eigenvalue weighted by molar-refractivity contribution is 7.89. The molecule has 9 heteroatoms. The zero-order valence-electron chi connectivity index (χ0n) is 12.1. The lowest BCUT2D eigenvalue weighted by atomic mass is 9.93. The highest BCUT2D eigenvalue weighted by atomic mass is 35.5. The molecule has 0 aliphatic heterocycles. The van der Waals surface area contributed by atoms with Crippen molar-refractivity contribution in [1.29, 1.82) is 0 Å². The fourth-order valence-electron chi connectivity index (χ4n) is 2.51. The number of hydrogen-bond acceptors (Lipinski definition) is 5. The third-order valence-electron chi connectivity index (χ3n) is 3.89. The van der Waals surface area contributed by atoms with Gasteiger partial charge >= 0.3 is 0 Å². The van der Waals surface area contributed by atoms with Gasteiger partial charge in [0, 0.05) is 23.7 Å². The van der Waals surface area contributed by atoms with Gasteiger partial charge in [0.25, 0.3) is 5.69 Å². The second-order valence-corrected chi connectivity index (χ2v) is 7.66. The first-order valence-electron chi connectivity index (χ1n) is 6.93. The van der Waals surface area contributed by atoms with Crippen LogP contribution < -0.4 is 10.5 Å². The molecule has 1 aromatic rings. The molecule has 1 aromatic carbocycles. The van der Waals surface area contributed by atoms with Gasteiger partial charge in [-0.25, -0.2) is 13.1 Å². The first kappa shape index (κ1) is 17.1. The van der Waals surface area contributed by atoms with E-state index in [-0.39, 0.29) is 33.3 Å². The van der Waals surface area contributed by atoms with Crippen LogP contribution in [0.25, 0.3) is 0 Å². The van der Waals surface area contributed by atoms with E-state index in [2.05, 4.69) is 4.72 Å². The largest absolute Gasteiger partial charge is 0.328 e. The van der Waals surface area contributed by atoms with Crippen molar-refractivity contribution in [2.45, 2.75) is 49.6 Å². The number of nitrogens with zero attached hydrogens (tertiary/aromatic N) is 1. The van der Waals surface area contributed by atoms with Crippen LogP contribution in [0, 0.1) is 17.0 Å². The number of halogens is 1.